The van der Waals surface area contributed by atoms with Crippen molar-refractivity contribution in [3.63, 3.8) is 0 Å². The predicted molar refractivity (Wildman–Crippen MR) is 69.3 cm³/mol. The first-order valence-corrected chi connectivity index (χ1v) is 6.43. The Morgan fingerprint density at radius 1 is 1.12 bits per heavy atom. The Kier molecular flexibility index (Phi) is 5.01. The summed E-state index contributed by atoms with van der Waals surface area (Å²) in [6, 6.07) is 10.1. The molecule has 0 aliphatic rings. The zero-order valence-electron chi connectivity index (χ0n) is 10.7. The van der Waals surface area contributed by atoms with E-state index < -0.39 is 5.60 Å². The van der Waals surface area contributed by atoms with Crippen molar-refractivity contribution in [1.29, 1.82) is 0 Å². The molecule has 90 valence electrons. The summed E-state index contributed by atoms with van der Waals surface area (Å²) in [6.07, 6.45) is 4.06. The lowest BCUT2D eigenvalue weighted by molar-refractivity contribution is -0.0293. The number of hydrogen-bond donors (Lipinski definition) is 1. The van der Waals surface area contributed by atoms with Crippen LogP contribution in [0.1, 0.15) is 52.0 Å². The fourth-order valence-electron chi connectivity index (χ4n) is 2.45. The van der Waals surface area contributed by atoms with Gasteiger partial charge in [-0.2, -0.15) is 0 Å². The summed E-state index contributed by atoms with van der Waals surface area (Å²) in [5.74, 6) is 0.319. The van der Waals surface area contributed by atoms with Gasteiger partial charge in [0.2, 0.25) is 0 Å². The van der Waals surface area contributed by atoms with Gasteiger partial charge in [-0.05, 0) is 24.3 Å². The van der Waals surface area contributed by atoms with Crippen LogP contribution in [-0.4, -0.2) is 5.11 Å². The normalized spacial score (nSPS) is 16.8. The summed E-state index contributed by atoms with van der Waals surface area (Å²) >= 11 is 0. The van der Waals surface area contributed by atoms with Crippen LogP contribution >= 0.6 is 0 Å². The zero-order valence-corrected chi connectivity index (χ0v) is 10.7. The quantitative estimate of drug-likeness (QED) is 0.765. The Morgan fingerprint density at radius 2 is 1.75 bits per heavy atom. The Hall–Kier alpha value is -0.820. The second kappa shape index (κ2) is 6.05. The molecule has 2 atom stereocenters. The fraction of sp³-hybridized carbons (Fsp3) is 0.600. The number of benzene rings is 1. The maximum Gasteiger partial charge on any atom is 0.0921 e. The molecule has 0 saturated carbocycles. The van der Waals surface area contributed by atoms with Crippen LogP contribution in [-0.2, 0) is 5.60 Å². The summed E-state index contributed by atoms with van der Waals surface area (Å²) in [4.78, 5) is 0. The Bertz CT molecular complexity index is 294. The molecule has 1 aromatic carbocycles. The number of aliphatic hydroxyl groups is 1. The molecule has 0 fully saturated rings. The zero-order chi connectivity index (χ0) is 12.0. The van der Waals surface area contributed by atoms with Crippen molar-refractivity contribution in [3.05, 3.63) is 35.9 Å². The second-order valence-electron chi connectivity index (χ2n) is 4.73. The van der Waals surface area contributed by atoms with Crippen molar-refractivity contribution in [2.24, 2.45) is 5.92 Å². The van der Waals surface area contributed by atoms with Crippen LogP contribution in [0.15, 0.2) is 30.3 Å². The van der Waals surface area contributed by atoms with Crippen LogP contribution in [0.4, 0.5) is 0 Å². The van der Waals surface area contributed by atoms with Crippen molar-refractivity contribution in [2.75, 3.05) is 0 Å². The maximum atomic E-state index is 10.9. The largest absolute Gasteiger partial charge is 0.385 e. The molecule has 1 aromatic rings. The molecule has 0 aromatic heterocycles. The van der Waals surface area contributed by atoms with Crippen molar-refractivity contribution in [3.8, 4) is 0 Å². The summed E-state index contributed by atoms with van der Waals surface area (Å²) in [6.45, 7) is 6.46. The summed E-state index contributed by atoms with van der Waals surface area (Å²) in [5, 5.41) is 10.9. The van der Waals surface area contributed by atoms with E-state index in [0.29, 0.717) is 5.92 Å². The SMILES string of the molecule is CCCC(C)C(O)(CCC)c1ccccc1. The molecule has 1 heteroatoms. The van der Waals surface area contributed by atoms with Crippen LogP contribution in [0.25, 0.3) is 0 Å². The van der Waals surface area contributed by atoms with E-state index >= 15 is 0 Å². The molecule has 1 N–H and O–H groups in total. The Morgan fingerprint density at radius 3 is 2.25 bits per heavy atom. The second-order valence-corrected chi connectivity index (χ2v) is 4.73. The maximum absolute atomic E-state index is 10.9. The highest BCUT2D eigenvalue weighted by Gasteiger charge is 2.33. The average molecular weight is 220 g/mol. The van der Waals surface area contributed by atoms with Crippen LogP contribution in [0.2, 0.25) is 0 Å². The minimum atomic E-state index is -0.647. The van der Waals surface area contributed by atoms with Crippen molar-refractivity contribution < 1.29 is 5.11 Å². The number of rotatable bonds is 6. The highest BCUT2D eigenvalue weighted by atomic mass is 16.3. The third-order valence-electron chi connectivity index (χ3n) is 3.44. The molecule has 0 bridgehead atoms. The average Bonchev–Trinajstić information content (AvgIpc) is 2.30. The molecule has 1 rings (SSSR count). The summed E-state index contributed by atoms with van der Waals surface area (Å²) < 4.78 is 0. The first-order valence-electron chi connectivity index (χ1n) is 6.43. The van der Waals surface area contributed by atoms with Crippen LogP contribution in [0.5, 0.6) is 0 Å². The third kappa shape index (κ3) is 2.85. The van der Waals surface area contributed by atoms with E-state index in [4.69, 9.17) is 0 Å². The molecule has 0 amide bonds. The van der Waals surface area contributed by atoms with Gasteiger partial charge < -0.3 is 5.11 Å². The van der Waals surface area contributed by atoms with Gasteiger partial charge >= 0.3 is 0 Å². The van der Waals surface area contributed by atoms with E-state index in [0.717, 1.165) is 31.2 Å². The molecule has 0 heterocycles. The molecule has 0 aliphatic heterocycles. The highest BCUT2D eigenvalue weighted by Crippen LogP contribution is 2.36. The minimum absolute atomic E-state index is 0.319. The molecule has 2 unspecified atom stereocenters. The first-order chi connectivity index (χ1) is 7.65. The standard InChI is InChI=1S/C15H24O/c1-4-9-13(3)15(16,12-5-2)14-10-7-6-8-11-14/h6-8,10-11,13,16H,4-5,9,12H2,1-3H3. The highest BCUT2D eigenvalue weighted by molar-refractivity contribution is 5.23. The van der Waals surface area contributed by atoms with E-state index in [1.165, 1.54) is 0 Å². The van der Waals surface area contributed by atoms with Gasteiger partial charge in [-0.15, -0.1) is 0 Å². The summed E-state index contributed by atoms with van der Waals surface area (Å²) in [5.41, 5.74) is 0.421. The monoisotopic (exact) mass is 220 g/mol. The number of hydrogen-bond acceptors (Lipinski definition) is 1. The van der Waals surface area contributed by atoms with Gasteiger partial charge in [-0.1, -0.05) is 63.9 Å². The van der Waals surface area contributed by atoms with Gasteiger partial charge in [-0.25, -0.2) is 0 Å². The minimum Gasteiger partial charge on any atom is -0.385 e. The smallest absolute Gasteiger partial charge is 0.0921 e. The lowest BCUT2D eigenvalue weighted by atomic mass is 9.77. The van der Waals surface area contributed by atoms with Crippen LogP contribution in [0, 0.1) is 5.92 Å². The molecular formula is C15H24O. The predicted octanol–water partition coefficient (Wildman–Crippen LogP) is 4.11. The van der Waals surface area contributed by atoms with Crippen molar-refractivity contribution in [2.45, 2.75) is 52.1 Å². The molecule has 1 nitrogen and oxygen atoms in total. The Balaban J connectivity index is 2.96. The third-order valence-corrected chi connectivity index (χ3v) is 3.44. The van der Waals surface area contributed by atoms with Gasteiger partial charge in [0.1, 0.15) is 0 Å². The lowest BCUT2D eigenvalue weighted by Crippen LogP contribution is -2.33. The van der Waals surface area contributed by atoms with E-state index in [1.54, 1.807) is 0 Å². The van der Waals surface area contributed by atoms with Crippen molar-refractivity contribution >= 4 is 0 Å². The van der Waals surface area contributed by atoms with E-state index in [1.807, 2.05) is 30.3 Å². The van der Waals surface area contributed by atoms with Gasteiger partial charge in [-0.3, -0.25) is 0 Å². The van der Waals surface area contributed by atoms with E-state index in [9.17, 15) is 5.11 Å². The molecule has 0 aliphatic carbocycles. The van der Waals surface area contributed by atoms with Crippen LogP contribution in [0.3, 0.4) is 0 Å². The topological polar surface area (TPSA) is 20.2 Å². The van der Waals surface area contributed by atoms with Crippen molar-refractivity contribution in [1.82, 2.24) is 0 Å². The van der Waals surface area contributed by atoms with Crippen LogP contribution < -0.4 is 0 Å². The van der Waals surface area contributed by atoms with Gasteiger partial charge in [0.05, 0.1) is 5.60 Å². The summed E-state index contributed by atoms with van der Waals surface area (Å²) in [7, 11) is 0. The van der Waals surface area contributed by atoms with Gasteiger partial charge in [0, 0.05) is 0 Å². The fourth-order valence-corrected chi connectivity index (χ4v) is 2.45. The molecule has 0 radical (unpaired) electrons. The Labute approximate surface area is 99.5 Å². The van der Waals surface area contributed by atoms with Gasteiger partial charge in [0.25, 0.3) is 0 Å². The van der Waals surface area contributed by atoms with E-state index in [-0.39, 0.29) is 0 Å². The molecular weight excluding hydrogens is 196 g/mol. The molecule has 0 spiro atoms. The molecule has 0 saturated heterocycles. The van der Waals surface area contributed by atoms with Gasteiger partial charge in [0.15, 0.2) is 0 Å². The lowest BCUT2D eigenvalue weighted by Gasteiger charge is -2.34. The molecule has 16 heavy (non-hydrogen) atoms. The van der Waals surface area contributed by atoms with E-state index in [2.05, 4.69) is 20.8 Å². The first kappa shape index (κ1) is 13.2.